The minimum absolute atomic E-state index is 0.0600. The van der Waals surface area contributed by atoms with Gasteiger partial charge in [-0.05, 0) is 60.1 Å². The maximum Gasteiger partial charge on any atom is 0.253 e. The first kappa shape index (κ1) is 26.1. The van der Waals surface area contributed by atoms with Gasteiger partial charge >= 0.3 is 0 Å². The number of amides is 1. The first-order valence-electron chi connectivity index (χ1n) is 13.2. The maximum absolute atomic E-state index is 13.2. The number of nitrogens with zero attached hydrogens (tertiary/aromatic N) is 4. The minimum atomic E-state index is -3.56. The molecule has 0 aliphatic carbocycles. The lowest BCUT2D eigenvalue weighted by Gasteiger charge is -2.35. The molecule has 198 valence electrons. The van der Waals surface area contributed by atoms with Gasteiger partial charge in [0.1, 0.15) is 0 Å². The number of carbonyl (C=O) groups is 1. The number of sulfonamides is 1. The number of hydrogen-bond donors (Lipinski definition) is 0. The van der Waals surface area contributed by atoms with Crippen LogP contribution in [0.2, 0.25) is 0 Å². The third kappa shape index (κ3) is 5.26. The Bertz CT molecular complexity index is 1370. The summed E-state index contributed by atoms with van der Waals surface area (Å²) >= 11 is 1.71. The van der Waals surface area contributed by atoms with Gasteiger partial charge in [-0.1, -0.05) is 51.2 Å². The lowest BCUT2D eigenvalue weighted by molar-refractivity contribution is 0.0746. The number of piperidine rings is 1. The van der Waals surface area contributed by atoms with E-state index in [-0.39, 0.29) is 10.8 Å². The van der Waals surface area contributed by atoms with Crippen molar-refractivity contribution < 1.29 is 13.2 Å². The zero-order valence-electron chi connectivity index (χ0n) is 22.1. The van der Waals surface area contributed by atoms with Crippen molar-refractivity contribution >= 4 is 42.6 Å². The standard InChI is InChI=1S/C28H36N4O3S2/c1-19(2)24-6-5-7-25-26(24)29-28(36-25)31-14-12-30(13-15-31)27(33)22-8-10-23(11-9-22)37(34,35)32-17-20(3)16-21(4)18-32/h5-11,19-21H,12-18H2,1-4H3. The van der Waals surface area contributed by atoms with Crippen LogP contribution in [0.25, 0.3) is 10.2 Å². The summed E-state index contributed by atoms with van der Waals surface area (Å²) in [5, 5.41) is 1.01. The number of rotatable bonds is 5. The SMILES string of the molecule is CC1CC(C)CN(S(=O)(=O)c2ccc(C(=O)N3CCN(c4nc5c(C(C)C)cccc5s4)CC3)cc2)C1. The Hall–Kier alpha value is -2.49. The van der Waals surface area contributed by atoms with Gasteiger partial charge in [-0.3, -0.25) is 4.79 Å². The van der Waals surface area contributed by atoms with E-state index in [4.69, 9.17) is 4.98 Å². The van der Waals surface area contributed by atoms with E-state index in [1.807, 2.05) is 4.90 Å². The summed E-state index contributed by atoms with van der Waals surface area (Å²) in [5.74, 6) is 1.05. The average molecular weight is 541 g/mol. The summed E-state index contributed by atoms with van der Waals surface area (Å²) in [6.07, 6.45) is 1.05. The minimum Gasteiger partial charge on any atom is -0.345 e. The van der Waals surface area contributed by atoms with Gasteiger partial charge in [0.2, 0.25) is 10.0 Å². The van der Waals surface area contributed by atoms with Crippen LogP contribution in [0.5, 0.6) is 0 Å². The second-order valence-electron chi connectivity index (χ2n) is 10.9. The molecule has 0 bridgehead atoms. The normalized spacial score (nSPS) is 21.6. The van der Waals surface area contributed by atoms with Crippen LogP contribution < -0.4 is 4.90 Å². The van der Waals surface area contributed by atoms with Crippen LogP contribution in [0.1, 0.15) is 56.0 Å². The molecule has 5 rings (SSSR count). The molecule has 0 saturated carbocycles. The van der Waals surface area contributed by atoms with Crippen molar-refractivity contribution in [2.45, 2.75) is 44.9 Å². The maximum atomic E-state index is 13.2. The highest BCUT2D eigenvalue weighted by molar-refractivity contribution is 7.89. The molecule has 0 spiro atoms. The third-order valence-corrected chi connectivity index (χ3v) is 10.4. The predicted molar refractivity (Wildman–Crippen MR) is 150 cm³/mol. The number of thiazole rings is 1. The molecular formula is C28H36N4O3S2. The van der Waals surface area contributed by atoms with Crippen LogP contribution >= 0.6 is 11.3 Å². The molecule has 3 aromatic rings. The van der Waals surface area contributed by atoms with Crippen LogP contribution in [0.3, 0.4) is 0 Å². The van der Waals surface area contributed by atoms with E-state index in [0.29, 0.717) is 49.5 Å². The van der Waals surface area contributed by atoms with Crippen molar-refractivity contribution in [2.75, 3.05) is 44.2 Å². The Balaban J connectivity index is 1.24. The fourth-order valence-corrected chi connectivity index (χ4v) is 8.29. The van der Waals surface area contributed by atoms with Gasteiger partial charge in [-0.2, -0.15) is 4.31 Å². The molecule has 37 heavy (non-hydrogen) atoms. The molecule has 0 N–H and O–H groups in total. The van der Waals surface area contributed by atoms with Crippen LogP contribution in [0.4, 0.5) is 5.13 Å². The smallest absolute Gasteiger partial charge is 0.253 e. The van der Waals surface area contributed by atoms with E-state index in [2.05, 4.69) is 50.8 Å². The van der Waals surface area contributed by atoms with Crippen LogP contribution in [0.15, 0.2) is 47.4 Å². The summed E-state index contributed by atoms with van der Waals surface area (Å²) in [4.78, 5) is 22.5. The van der Waals surface area contributed by atoms with E-state index in [9.17, 15) is 13.2 Å². The number of hydrogen-bond acceptors (Lipinski definition) is 6. The summed E-state index contributed by atoms with van der Waals surface area (Å²) in [5.41, 5.74) is 2.87. The number of para-hydroxylation sites is 1. The first-order valence-corrected chi connectivity index (χ1v) is 15.4. The fraction of sp³-hybridized carbons (Fsp3) is 0.500. The van der Waals surface area contributed by atoms with E-state index in [0.717, 1.165) is 30.2 Å². The molecule has 2 fully saturated rings. The predicted octanol–water partition coefficient (Wildman–Crippen LogP) is 5.05. The molecule has 3 heterocycles. The van der Waals surface area contributed by atoms with Gasteiger partial charge < -0.3 is 9.80 Å². The lowest BCUT2D eigenvalue weighted by atomic mass is 9.94. The fourth-order valence-electron chi connectivity index (χ4n) is 5.56. The van der Waals surface area contributed by atoms with Crippen molar-refractivity contribution in [3.63, 3.8) is 0 Å². The van der Waals surface area contributed by atoms with E-state index >= 15 is 0 Å². The summed E-state index contributed by atoms with van der Waals surface area (Å²) in [6.45, 7) is 12.3. The molecule has 2 aromatic carbocycles. The molecule has 7 nitrogen and oxygen atoms in total. The molecule has 9 heteroatoms. The largest absolute Gasteiger partial charge is 0.345 e. The molecule has 1 amide bonds. The van der Waals surface area contributed by atoms with E-state index in [1.165, 1.54) is 10.3 Å². The first-order chi connectivity index (χ1) is 17.6. The Morgan fingerprint density at radius 3 is 2.24 bits per heavy atom. The third-order valence-electron chi connectivity index (χ3n) is 7.47. The van der Waals surface area contributed by atoms with Crippen molar-refractivity contribution in [3.05, 3.63) is 53.6 Å². The molecule has 2 atom stereocenters. The Morgan fingerprint density at radius 1 is 0.973 bits per heavy atom. The van der Waals surface area contributed by atoms with Crippen molar-refractivity contribution in [1.82, 2.24) is 14.2 Å². The Morgan fingerprint density at radius 2 is 1.62 bits per heavy atom. The van der Waals surface area contributed by atoms with Crippen LogP contribution in [-0.2, 0) is 10.0 Å². The monoisotopic (exact) mass is 540 g/mol. The topological polar surface area (TPSA) is 73.8 Å². The zero-order valence-corrected chi connectivity index (χ0v) is 23.7. The van der Waals surface area contributed by atoms with Gasteiger partial charge in [-0.25, -0.2) is 13.4 Å². The molecular weight excluding hydrogens is 504 g/mol. The van der Waals surface area contributed by atoms with Crippen molar-refractivity contribution in [1.29, 1.82) is 0 Å². The van der Waals surface area contributed by atoms with Crippen LogP contribution in [0, 0.1) is 11.8 Å². The highest BCUT2D eigenvalue weighted by Crippen LogP contribution is 2.34. The number of anilines is 1. The number of aromatic nitrogens is 1. The highest BCUT2D eigenvalue weighted by atomic mass is 32.2. The summed E-state index contributed by atoms with van der Waals surface area (Å²) in [6, 6.07) is 12.8. The number of fused-ring (bicyclic) bond motifs is 1. The zero-order chi connectivity index (χ0) is 26.3. The molecule has 1 aromatic heterocycles. The van der Waals surface area contributed by atoms with Gasteiger partial charge in [0, 0.05) is 44.8 Å². The average Bonchev–Trinajstić information content (AvgIpc) is 3.32. The second-order valence-corrected chi connectivity index (χ2v) is 13.9. The summed E-state index contributed by atoms with van der Waals surface area (Å²) < 4.78 is 29.1. The molecule has 2 aliphatic rings. The molecule has 2 saturated heterocycles. The van der Waals surface area contributed by atoms with Crippen LogP contribution in [-0.4, -0.2) is 67.8 Å². The van der Waals surface area contributed by atoms with E-state index < -0.39 is 10.0 Å². The highest BCUT2D eigenvalue weighted by Gasteiger charge is 2.32. The Labute approximate surface area is 224 Å². The number of carbonyl (C=O) groups excluding carboxylic acids is 1. The van der Waals surface area contributed by atoms with Gasteiger partial charge in [0.25, 0.3) is 5.91 Å². The number of piperazine rings is 1. The van der Waals surface area contributed by atoms with E-state index in [1.54, 1.807) is 39.9 Å². The number of benzene rings is 2. The molecule has 2 aliphatic heterocycles. The van der Waals surface area contributed by atoms with Crippen molar-refractivity contribution in [2.24, 2.45) is 11.8 Å². The quantitative estimate of drug-likeness (QED) is 0.453. The Kier molecular flexibility index (Phi) is 7.31. The summed E-state index contributed by atoms with van der Waals surface area (Å²) in [7, 11) is -3.56. The second kappa shape index (κ2) is 10.3. The molecule has 0 radical (unpaired) electrons. The van der Waals surface area contributed by atoms with Crippen molar-refractivity contribution in [3.8, 4) is 0 Å². The lowest BCUT2D eigenvalue weighted by Crippen LogP contribution is -2.48. The van der Waals surface area contributed by atoms with Gasteiger partial charge in [0.05, 0.1) is 15.1 Å². The van der Waals surface area contributed by atoms with Gasteiger partial charge in [0.15, 0.2) is 5.13 Å². The molecule has 2 unspecified atom stereocenters. The van der Waals surface area contributed by atoms with Gasteiger partial charge in [-0.15, -0.1) is 0 Å².